The lowest BCUT2D eigenvalue weighted by Crippen LogP contribution is -2.18. The molecule has 1 heterocycles. The predicted octanol–water partition coefficient (Wildman–Crippen LogP) is 4.51. The minimum absolute atomic E-state index is 0.314. The van der Waals surface area contributed by atoms with Gasteiger partial charge in [-0.25, -0.2) is 0 Å². The van der Waals surface area contributed by atoms with E-state index < -0.39 is 0 Å². The molecular formula is C15H18BrNO. The summed E-state index contributed by atoms with van der Waals surface area (Å²) < 4.78 is 6.25. The van der Waals surface area contributed by atoms with Gasteiger partial charge in [0.1, 0.15) is 5.76 Å². The lowest BCUT2D eigenvalue weighted by Gasteiger charge is -2.16. The summed E-state index contributed by atoms with van der Waals surface area (Å²) in [6.07, 6.45) is 0. The molecule has 2 nitrogen and oxygen atoms in total. The third kappa shape index (κ3) is 3.24. The highest BCUT2D eigenvalue weighted by Gasteiger charge is 2.09. The van der Waals surface area contributed by atoms with Gasteiger partial charge in [-0.15, -0.1) is 0 Å². The first kappa shape index (κ1) is 13.4. The van der Waals surface area contributed by atoms with Gasteiger partial charge < -0.3 is 9.73 Å². The second-order valence-electron chi connectivity index (χ2n) is 4.67. The maximum atomic E-state index is 5.48. The summed E-state index contributed by atoms with van der Waals surface area (Å²) in [4.78, 5) is 0. The number of nitrogens with one attached hydrogen (secondary N) is 1. The van der Waals surface area contributed by atoms with Crippen LogP contribution >= 0.6 is 15.9 Å². The molecule has 2 rings (SSSR count). The summed E-state index contributed by atoms with van der Waals surface area (Å²) in [5.41, 5.74) is 3.96. The second-order valence-corrected chi connectivity index (χ2v) is 5.45. The summed E-state index contributed by atoms with van der Waals surface area (Å²) in [5.74, 6) is 0.944. The van der Waals surface area contributed by atoms with Crippen molar-refractivity contribution in [2.24, 2.45) is 0 Å². The normalized spacial score (nSPS) is 12.7. The minimum atomic E-state index is 0.314. The van der Waals surface area contributed by atoms with Crippen LogP contribution in [-0.2, 0) is 6.54 Å². The highest BCUT2D eigenvalue weighted by atomic mass is 79.9. The molecule has 0 aliphatic heterocycles. The minimum Gasteiger partial charge on any atom is -0.453 e. The number of aryl methyl sites for hydroxylation is 2. The van der Waals surface area contributed by atoms with Crippen LogP contribution in [0.25, 0.3) is 0 Å². The molecule has 0 fully saturated rings. The third-order valence-electron chi connectivity index (χ3n) is 3.11. The van der Waals surface area contributed by atoms with E-state index in [1.165, 1.54) is 16.7 Å². The third-order valence-corrected chi connectivity index (χ3v) is 3.54. The summed E-state index contributed by atoms with van der Waals surface area (Å²) in [6, 6.07) is 10.8. The Morgan fingerprint density at radius 2 is 2.00 bits per heavy atom. The second kappa shape index (κ2) is 5.72. The van der Waals surface area contributed by atoms with E-state index in [1.807, 2.05) is 12.1 Å². The van der Waals surface area contributed by atoms with Crippen molar-refractivity contribution >= 4 is 15.9 Å². The van der Waals surface area contributed by atoms with E-state index in [0.717, 1.165) is 17.0 Å². The lowest BCUT2D eigenvalue weighted by molar-refractivity contribution is 0.446. The van der Waals surface area contributed by atoms with Crippen LogP contribution in [0.3, 0.4) is 0 Å². The maximum Gasteiger partial charge on any atom is 0.169 e. The van der Waals surface area contributed by atoms with Gasteiger partial charge in [-0.1, -0.05) is 23.8 Å². The standard InChI is InChI=1S/C15H18BrNO/c1-10-4-5-11(2)14(8-10)12(3)17-9-13-6-7-15(16)18-13/h4-8,12,17H,9H2,1-3H3. The zero-order valence-electron chi connectivity index (χ0n) is 11.0. The highest BCUT2D eigenvalue weighted by Crippen LogP contribution is 2.20. The average molecular weight is 308 g/mol. The van der Waals surface area contributed by atoms with Crippen molar-refractivity contribution in [3.8, 4) is 0 Å². The Kier molecular flexibility index (Phi) is 4.25. The van der Waals surface area contributed by atoms with Gasteiger partial charge in [-0.3, -0.25) is 0 Å². The van der Waals surface area contributed by atoms with E-state index >= 15 is 0 Å². The number of furan rings is 1. The van der Waals surface area contributed by atoms with E-state index in [-0.39, 0.29) is 0 Å². The molecule has 0 aliphatic rings. The molecule has 0 spiro atoms. The fraction of sp³-hybridized carbons (Fsp3) is 0.333. The average Bonchev–Trinajstić information content (AvgIpc) is 2.75. The van der Waals surface area contributed by atoms with Crippen molar-refractivity contribution < 1.29 is 4.42 Å². The van der Waals surface area contributed by atoms with Crippen molar-refractivity contribution in [1.29, 1.82) is 0 Å². The number of hydrogen-bond donors (Lipinski definition) is 1. The van der Waals surface area contributed by atoms with Gasteiger partial charge in [0.15, 0.2) is 4.67 Å². The first-order chi connectivity index (χ1) is 8.56. The molecule has 3 heteroatoms. The Morgan fingerprint density at radius 3 is 2.67 bits per heavy atom. The van der Waals surface area contributed by atoms with Crippen LogP contribution in [0.4, 0.5) is 0 Å². The number of halogens is 1. The van der Waals surface area contributed by atoms with Crippen LogP contribution in [0.2, 0.25) is 0 Å². The van der Waals surface area contributed by atoms with E-state index in [9.17, 15) is 0 Å². The molecular weight excluding hydrogens is 290 g/mol. The molecule has 0 amide bonds. The van der Waals surface area contributed by atoms with Gasteiger partial charge in [-0.05, 0) is 60.0 Å². The quantitative estimate of drug-likeness (QED) is 0.899. The zero-order valence-corrected chi connectivity index (χ0v) is 12.5. The topological polar surface area (TPSA) is 25.2 Å². The molecule has 0 bridgehead atoms. The van der Waals surface area contributed by atoms with Crippen LogP contribution < -0.4 is 5.32 Å². The maximum absolute atomic E-state index is 5.48. The van der Waals surface area contributed by atoms with Gasteiger partial charge in [0.05, 0.1) is 6.54 Å². The molecule has 1 aromatic heterocycles. The largest absolute Gasteiger partial charge is 0.453 e. The van der Waals surface area contributed by atoms with Gasteiger partial charge in [-0.2, -0.15) is 0 Å². The van der Waals surface area contributed by atoms with Crippen molar-refractivity contribution in [2.75, 3.05) is 0 Å². The molecule has 1 aromatic carbocycles. The zero-order chi connectivity index (χ0) is 13.1. The first-order valence-electron chi connectivity index (χ1n) is 6.11. The van der Waals surface area contributed by atoms with Crippen LogP contribution in [0.1, 0.15) is 35.4 Å². The molecule has 1 N–H and O–H groups in total. The van der Waals surface area contributed by atoms with Crippen LogP contribution in [0, 0.1) is 13.8 Å². The van der Waals surface area contributed by atoms with Crippen molar-refractivity contribution in [3.63, 3.8) is 0 Å². The predicted molar refractivity (Wildman–Crippen MR) is 77.6 cm³/mol. The summed E-state index contributed by atoms with van der Waals surface area (Å²) >= 11 is 3.31. The van der Waals surface area contributed by atoms with Crippen molar-refractivity contribution in [3.05, 3.63) is 57.5 Å². The van der Waals surface area contributed by atoms with E-state index in [1.54, 1.807) is 0 Å². The number of rotatable bonds is 4. The van der Waals surface area contributed by atoms with Crippen LogP contribution in [0.5, 0.6) is 0 Å². The Hall–Kier alpha value is -1.06. The van der Waals surface area contributed by atoms with Crippen molar-refractivity contribution in [2.45, 2.75) is 33.4 Å². The highest BCUT2D eigenvalue weighted by molar-refractivity contribution is 9.10. The Balaban J connectivity index is 2.03. The summed E-state index contributed by atoms with van der Waals surface area (Å²) in [6.45, 7) is 7.19. The van der Waals surface area contributed by atoms with E-state index in [0.29, 0.717) is 6.04 Å². The van der Waals surface area contributed by atoms with E-state index in [2.05, 4.69) is 60.2 Å². The number of benzene rings is 1. The van der Waals surface area contributed by atoms with Crippen LogP contribution in [-0.4, -0.2) is 0 Å². The lowest BCUT2D eigenvalue weighted by atomic mass is 10.00. The SMILES string of the molecule is Cc1ccc(C)c(C(C)NCc2ccc(Br)o2)c1. The molecule has 1 unspecified atom stereocenters. The Morgan fingerprint density at radius 1 is 1.22 bits per heavy atom. The van der Waals surface area contributed by atoms with Crippen molar-refractivity contribution in [1.82, 2.24) is 5.32 Å². The number of hydrogen-bond acceptors (Lipinski definition) is 2. The molecule has 0 radical (unpaired) electrons. The molecule has 18 heavy (non-hydrogen) atoms. The molecule has 2 aromatic rings. The summed E-state index contributed by atoms with van der Waals surface area (Å²) in [5, 5.41) is 3.48. The van der Waals surface area contributed by atoms with Crippen LogP contribution in [0.15, 0.2) is 39.4 Å². The fourth-order valence-corrected chi connectivity index (χ4v) is 2.38. The molecule has 96 valence electrons. The van der Waals surface area contributed by atoms with Gasteiger partial charge in [0, 0.05) is 6.04 Å². The van der Waals surface area contributed by atoms with E-state index in [4.69, 9.17) is 4.42 Å². The molecule has 0 aliphatic carbocycles. The fourth-order valence-electron chi connectivity index (χ4n) is 2.04. The smallest absolute Gasteiger partial charge is 0.169 e. The Bertz CT molecular complexity index is 533. The molecule has 0 saturated heterocycles. The van der Waals surface area contributed by atoms with Gasteiger partial charge >= 0.3 is 0 Å². The monoisotopic (exact) mass is 307 g/mol. The van der Waals surface area contributed by atoms with Gasteiger partial charge in [0.25, 0.3) is 0 Å². The van der Waals surface area contributed by atoms with Gasteiger partial charge in [0.2, 0.25) is 0 Å². The summed E-state index contributed by atoms with van der Waals surface area (Å²) in [7, 11) is 0. The Labute approximate surface area is 117 Å². The molecule has 0 saturated carbocycles. The first-order valence-corrected chi connectivity index (χ1v) is 6.90. The molecule has 1 atom stereocenters.